The summed E-state index contributed by atoms with van der Waals surface area (Å²) in [5.41, 5.74) is 0. The zero-order valence-electron chi connectivity index (χ0n) is 5.53. The van der Waals surface area contributed by atoms with Gasteiger partial charge in [0.25, 0.3) is 0 Å². The fourth-order valence-corrected chi connectivity index (χ4v) is 0.439. The maximum atomic E-state index is 11.9. The van der Waals surface area contributed by atoms with Gasteiger partial charge in [-0.15, -0.1) is 0 Å². The molecule has 5 heteroatoms. The molecule has 0 N–H and O–H groups in total. The molecule has 0 atom stereocenters. The van der Waals surface area contributed by atoms with Gasteiger partial charge in [0.15, 0.2) is 11.6 Å². The van der Waals surface area contributed by atoms with Gasteiger partial charge in [0, 0.05) is 0 Å². The van der Waals surface area contributed by atoms with Crippen molar-refractivity contribution in [2.75, 3.05) is 0 Å². The summed E-state index contributed by atoms with van der Waals surface area (Å²) >= 11 is 0. The van der Waals surface area contributed by atoms with E-state index in [1.54, 1.807) is 0 Å². The number of hydrogen-bond acceptors (Lipinski definition) is 0. The maximum Gasteiger partial charge on any atom is 2.00 e. The van der Waals surface area contributed by atoms with E-state index >= 15 is 0 Å². The Bertz CT molecular complexity index is 175. The summed E-state index contributed by atoms with van der Waals surface area (Å²) in [6.45, 7) is 0. The molecule has 0 spiro atoms. The Kier molecular flexibility index (Phi) is 13.2. The first-order valence-electron chi connectivity index (χ1n) is 2.21. The van der Waals surface area contributed by atoms with Crippen molar-refractivity contribution in [3.8, 4) is 0 Å². The van der Waals surface area contributed by atoms with Crippen molar-refractivity contribution in [1.29, 1.82) is 0 Å². The summed E-state index contributed by atoms with van der Waals surface area (Å²) in [6, 6.07) is 5.04. The predicted molar refractivity (Wildman–Crippen MR) is 26.4 cm³/mol. The summed E-state index contributed by atoms with van der Waals surface area (Å²) in [5.74, 6) is -1.60. The molecule has 0 unspecified atom stereocenters. The summed E-state index contributed by atoms with van der Waals surface area (Å²) in [7, 11) is 0. The van der Waals surface area contributed by atoms with Crippen LogP contribution in [0, 0.1) is 11.6 Å². The minimum Gasteiger partial charge on any atom is -1.00 e. The Morgan fingerprint density at radius 2 is 1.09 bits per heavy atom. The van der Waals surface area contributed by atoms with Crippen LogP contribution in [0.3, 0.4) is 0 Å². The number of benzene rings is 1. The van der Waals surface area contributed by atoms with E-state index < -0.39 is 11.6 Å². The zero-order valence-corrected chi connectivity index (χ0v) is 10.0. The molecule has 0 heterocycles. The van der Waals surface area contributed by atoms with Crippen molar-refractivity contribution in [1.82, 2.24) is 0 Å². The van der Waals surface area contributed by atoms with Crippen LogP contribution in [-0.2, 0) is 19.5 Å². The van der Waals surface area contributed by atoms with Crippen molar-refractivity contribution in [3.63, 3.8) is 0 Å². The standard InChI is InChI=1S/C6H4F2.2ClH.Zn/c7-5-3-1-2-4-6(5)8;;;/h1-4H;2*1H;/q;;;+2/p-2. The molecule has 0 radical (unpaired) electrons. The van der Waals surface area contributed by atoms with Crippen LogP contribution >= 0.6 is 0 Å². The van der Waals surface area contributed by atoms with Gasteiger partial charge < -0.3 is 24.8 Å². The minimum atomic E-state index is -0.799. The fourth-order valence-electron chi connectivity index (χ4n) is 0.439. The Hall–Kier alpha value is 0.283. The van der Waals surface area contributed by atoms with Gasteiger partial charge in [0.05, 0.1) is 0 Å². The number of rotatable bonds is 0. The summed E-state index contributed by atoms with van der Waals surface area (Å²) in [4.78, 5) is 0. The van der Waals surface area contributed by atoms with E-state index in [0.29, 0.717) is 0 Å². The molecule has 0 bridgehead atoms. The summed E-state index contributed by atoms with van der Waals surface area (Å²) in [6.07, 6.45) is 0. The normalized spacial score (nSPS) is 6.73. The van der Waals surface area contributed by atoms with Gasteiger partial charge in [-0.3, -0.25) is 0 Å². The molecule has 1 aromatic carbocycles. The third kappa shape index (κ3) is 5.54. The minimum absolute atomic E-state index is 0. The van der Waals surface area contributed by atoms with Crippen LogP contribution in [-0.4, -0.2) is 0 Å². The van der Waals surface area contributed by atoms with Crippen molar-refractivity contribution < 1.29 is 53.1 Å². The van der Waals surface area contributed by atoms with Crippen molar-refractivity contribution >= 4 is 0 Å². The SMILES string of the molecule is Fc1ccccc1F.[Cl-].[Cl-].[Zn+2]. The first-order chi connectivity index (χ1) is 3.80. The topological polar surface area (TPSA) is 0 Å². The Balaban J connectivity index is -0.000000213. The Morgan fingerprint density at radius 1 is 0.818 bits per heavy atom. The average molecular weight is 250 g/mol. The largest absolute Gasteiger partial charge is 2.00 e. The van der Waals surface area contributed by atoms with E-state index in [-0.39, 0.29) is 44.3 Å². The molecule has 0 aromatic heterocycles. The second-order valence-corrected chi connectivity index (χ2v) is 1.41. The first kappa shape index (κ1) is 17.4. The van der Waals surface area contributed by atoms with Gasteiger partial charge in [0.2, 0.25) is 0 Å². The molecule has 0 nitrogen and oxygen atoms in total. The molecule has 0 aliphatic carbocycles. The Morgan fingerprint density at radius 3 is 1.27 bits per heavy atom. The summed E-state index contributed by atoms with van der Waals surface area (Å²) in [5, 5.41) is 0. The monoisotopic (exact) mass is 248 g/mol. The molecule has 0 saturated carbocycles. The predicted octanol–water partition coefficient (Wildman–Crippen LogP) is -4.03. The molecule has 0 amide bonds. The van der Waals surface area contributed by atoms with Crippen LogP contribution in [0.2, 0.25) is 0 Å². The molecule has 1 aromatic rings. The van der Waals surface area contributed by atoms with Crippen LogP contribution in [0.1, 0.15) is 0 Å². The van der Waals surface area contributed by atoms with Crippen LogP contribution < -0.4 is 24.8 Å². The molecular formula is C6H4Cl2F2Zn. The van der Waals surface area contributed by atoms with E-state index in [1.807, 2.05) is 0 Å². The molecule has 58 valence electrons. The van der Waals surface area contributed by atoms with Gasteiger partial charge in [0.1, 0.15) is 0 Å². The molecule has 1 rings (SSSR count). The summed E-state index contributed by atoms with van der Waals surface area (Å²) < 4.78 is 23.9. The van der Waals surface area contributed by atoms with Crippen LogP contribution in [0.15, 0.2) is 24.3 Å². The van der Waals surface area contributed by atoms with E-state index in [4.69, 9.17) is 0 Å². The molecule has 0 aliphatic rings. The smallest absolute Gasteiger partial charge is 1.00 e. The Labute approximate surface area is 89.0 Å². The van der Waals surface area contributed by atoms with E-state index in [1.165, 1.54) is 12.1 Å². The van der Waals surface area contributed by atoms with Crippen LogP contribution in [0.25, 0.3) is 0 Å². The third-order valence-electron chi connectivity index (χ3n) is 0.824. The van der Waals surface area contributed by atoms with E-state index in [9.17, 15) is 8.78 Å². The van der Waals surface area contributed by atoms with E-state index in [2.05, 4.69) is 0 Å². The number of hydrogen-bond donors (Lipinski definition) is 0. The van der Waals surface area contributed by atoms with Crippen LogP contribution in [0.4, 0.5) is 8.78 Å². The second-order valence-electron chi connectivity index (χ2n) is 1.41. The molecule has 0 aliphatic heterocycles. The number of halogens is 4. The molecule has 0 saturated heterocycles. The molecule has 11 heavy (non-hydrogen) atoms. The molecular weight excluding hydrogens is 246 g/mol. The van der Waals surface area contributed by atoms with Gasteiger partial charge in [-0.1, -0.05) is 12.1 Å². The second kappa shape index (κ2) is 8.38. The first-order valence-corrected chi connectivity index (χ1v) is 2.21. The quantitative estimate of drug-likeness (QED) is 0.412. The maximum absolute atomic E-state index is 11.9. The van der Waals surface area contributed by atoms with Crippen LogP contribution in [0.5, 0.6) is 0 Å². The van der Waals surface area contributed by atoms with Gasteiger partial charge in [-0.2, -0.15) is 0 Å². The average Bonchev–Trinajstić information content (AvgIpc) is 1.77. The third-order valence-corrected chi connectivity index (χ3v) is 0.824. The van der Waals surface area contributed by atoms with E-state index in [0.717, 1.165) is 12.1 Å². The molecule has 0 fully saturated rings. The fraction of sp³-hybridized carbons (Fsp3) is 0. The van der Waals surface area contributed by atoms with Gasteiger partial charge in [-0.25, -0.2) is 8.78 Å². The zero-order chi connectivity index (χ0) is 5.98. The van der Waals surface area contributed by atoms with Crippen molar-refractivity contribution in [2.24, 2.45) is 0 Å². The van der Waals surface area contributed by atoms with Crippen molar-refractivity contribution in [2.45, 2.75) is 0 Å². The van der Waals surface area contributed by atoms with Gasteiger partial charge >= 0.3 is 19.5 Å². The van der Waals surface area contributed by atoms with Crippen molar-refractivity contribution in [3.05, 3.63) is 35.9 Å². The van der Waals surface area contributed by atoms with Gasteiger partial charge in [-0.05, 0) is 12.1 Å².